The summed E-state index contributed by atoms with van der Waals surface area (Å²) in [4.78, 5) is 0. The molecule has 1 atom stereocenters. The van der Waals surface area contributed by atoms with Crippen LogP contribution >= 0.6 is 0 Å². The molecular weight excluding hydrogens is 261 g/mol. The molecular formula is C13H17F3O3. The fourth-order valence-electron chi connectivity index (χ4n) is 1.81. The maximum atomic E-state index is 12.4. The summed E-state index contributed by atoms with van der Waals surface area (Å²) in [6, 6.07) is 5.53. The van der Waals surface area contributed by atoms with E-state index in [1.54, 1.807) is 19.9 Å². The molecule has 3 nitrogen and oxygen atoms in total. The van der Waals surface area contributed by atoms with Crippen LogP contribution in [0.15, 0.2) is 24.3 Å². The van der Waals surface area contributed by atoms with Gasteiger partial charge in [0.25, 0.3) is 0 Å². The monoisotopic (exact) mass is 278 g/mol. The highest BCUT2D eigenvalue weighted by atomic mass is 19.4. The molecule has 0 saturated carbocycles. The maximum absolute atomic E-state index is 12.4. The molecule has 0 fully saturated rings. The molecule has 1 N–H and O–H groups in total. The van der Waals surface area contributed by atoms with Crippen LogP contribution in [0.1, 0.15) is 19.4 Å². The Morgan fingerprint density at radius 2 is 1.79 bits per heavy atom. The van der Waals surface area contributed by atoms with Crippen molar-refractivity contribution in [3.8, 4) is 5.75 Å². The minimum atomic E-state index is -4.80. The van der Waals surface area contributed by atoms with E-state index in [4.69, 9.17) is 4.74 Å². The number of ether oxygens (including phenoxy) is 2. The van der Waals surface area contributed by atoms with E-state index in [2.05, 4.69) is 4.74 Å². The van der Waals surface area contributed by atoms with E-state index >= 15 is 0 Å². The van der Waals surface area contributed by atoms with E-state index in [-0.39, 0.29) is 18.1 Å². The van der Waals surface area contributed by atoms with Crippen LogP contribution in [0.3, 0.4) is 0 Å². The van der Waals surface area contributed by atoms with Crippen molar-refractivity contribution in [3.63, 3.8) is 0 Å². The minimum Gasteiger partial charge on any atom is -0.405 e. The van der Waals surface area contributed by atoms with Crippen LogP contribution in [-0.4, -0.2) is 25.2 Å². The number of alkyl halides is 3. The van der Waals surface area contributed by atoms with Crippen molar-refractivity contribution in [2.45, 2.75) is 25.8 Å². The Bertz CT molecular complexity index is 418. The fourth-order valence-corrected chi connectivity index (χ4v) is 1.81. The van der Waals surface area contributed by atoms with Gasteiger partial charge in [0.1, 0.15) is 11.4 Å². The third-order valence-electron chi connectivity index (χ3n) is 2.90. The van der Waals surface area contributed by atoms with Gasteiger partial charge in [-0.2, -0.15) is 0 Å². The molecule has 0 aromatic heterocycles. The van der Waals surface area contributed by atoms with Gasteiger partial charge in [0, 0.05) is 12.7 Å². The molecule has 0 aliphatic rings. The predicted molar refractivity (Wildman–Crippen MR) is 63.7 cm³/mol. The van der Waals surface area contributed by atoms with E-state index in [0.29, 0.717) is 0 Å². The number of para-hydroxylation sites is 1. The van der Waals surface area contributed by atoms with Gasteiger partial charge in [-0.1, -0.05) is 32.0 Å². The Balaban J connectivity index is 3.24. The molecule has 108 valence electrons. The molecule has 1 rings (SSSR count). The molecule has 19 heavy (non-hydrogen) atoms. The van der Waals surface area contributed by atoms with Crippen molar-refractivity contribution in [1.82, 2.24) is 0 Å². The number of halogens is 3. The molecule has 0 aliphatic heterocycles. The van der Waals surface area contributed by atoms with Gasteiger partial charge in [0.15, 0.2) is 0 Å². The molecule has 0 bridgehead atoms. The summed E-state index contributed by atoms with van der Waals surface area (Å²) < 4.78 is 46.0. The van der Waals surface area contributed by atoms with Crippen LogP contribution < -0.4 is 4.74 Å². The highest BCUT2D eigenvalue weighted by Crippen LogP contribution is 2.38. The maximum Gasteiger partial charge on any atom is 0.573 e. The lowest BCUT2D eigenvalue weighted by Gasteiger charge is -2.33. The predicted octanol–water partition coefficient (Wildman–Crippen LogP) is 3.08. The third-order valence-corrected chi connectivity index (χ3v) is 2.90. The van der Waals surface area contributed by atoms with E-state index in [1.165, 1.54) is 25.3 Å². The van der Waals surface area contributed by atoms with Crippen LogP contribution in [0, 0.1) is 5.92 Å². The lowest BCUT2D eigenvalue weighted by atomic mass is 9.83. The van der Waals surface area contributed by atoms with Crippen LogP contribution in [0.25, 0.3) is 0 Å². The smallest absolute Gasteiger partial charge is 0.405 e. The zero-order valence-electron chi connectivity index (χ0n) is 11.0. The van der Waals surface area contributed by atoms with Crippen LogP contribution in [-0.2, 0) is 10.3 Å². The van der Waals surface area contributed by atoms with Crippen LogP contribution in [0.2, 0.25) is 0 Å². The van der Waals surface area contributed by atoms with Crippen molar-refractivity contribution >= 4 is 0 Å². The van der Waals surface area contributed by atoms with Gasteiger partial charge in [-0.3, -0.25) is 0 Å². The van der Waals surface area contributed by atoms with Gasteiger partial charge >= 0.3 is 6.36 Å². The highest BCUT2D eigenvalue weighted by Gasteiger charge is 2.39. The van der Waals surface area contributed by atoms with Gasteiger partial charge in [0.05, 0.1) is 6.61 Å². The second-order valence-electron chi connectivity index (χ2n) is 4.56. The summed E-state index contributed by atoms with van der Waals surface area (Å²) in [5, 5.41) is 10.6. The molecule has 6 heteroatoms. The second-order valence-corrected chi connectivity index (χ2v) is 4.56. The number of hydrogen-bond acceptors (Lipinski definition) is 3. The zero-order valence-corrected chi connectivity index (χ0v) is 11.0. The summed E-state index contributed by atoms with van der Waals surface area (Å²) in [6.45, 7) is 3.27. The largest absolute Gasteiger partial charge is 0.573 e. The standard InChI is InChI=1S/C13H17F3O3/c1-9(2)12(17,8-18-3)10-6-4-5-7-11(10)19-13(14,15)16/h4-7,9,17H,8H2,1-3H3. The summed E-state index contributed by atoms with van der Waals surface area (Å²) in [5.74, 6) is -0.756. The molecule has 1 aromatic rings. The molecule has 0 radical (unpaired) electrons. The Morgan fingerprint density at radius 3 is 2.26 bits per heavy atom. The fraction of sp³-hybridized carbons (Fsp3) is 0.538. The van der Waals surface area contributed by atoms with Crippen molar-refractivity contribution in [1.29, 1.82) is 0 Å². The third kappa shape index (κ3) is 3.84. The van der Waals surface area contributed by atoms with Crippen molar-refractivity contribution < 1.29 is 27.8 Å². The normalized spacial score (nSPS) is 15.4. The zero-order chi connectivity index (χ0) is 14.7. The molecule has 1 unspecified atom stereocenters. The first-order valence-corrected chi connectivity index (χ1v) is 5.77. The first-order chi connectivity index (χ1) is 8.70. The summed E-state index contributed by atoms with van der Waals surface area (Å²) in [5.41, 5.74) is -1.49. The molecule has 0 amide bonds. The Labute approximate surface area is 110 Å². The van der Waals surface area contributed by atoms with E-state index in [9.17, 15) is 18.3 Å². The highest BCUT2D eigenvalue weighted by molar-refractivity contribution is 5.38. The van der Waals surface area contributed by atoms with Gasteiger partial charge in [0.2, 0.25) is 0 Å². The number of methoxy groups -OCH3 is 1. The number of benzene rings is 1. The Hall–Kier alpha value is -1.27. The first kappa shape index (κ1) is 15.8. The van der Waals surface area contributed by atoms with Crippen LogP contribution in [0.5, 0.6) is 5.75 Å². The van der Waals surface area contributed by atoms with Gasteiger partial charge in [-0.25, -0.2) is 0 Å². The first-order valence-electron chi connectivity index (χ1n) is 5.77. The summed E-state index contributed by atoms with van der Waals surface area (Å²) in [6.07, 6.45) is -4.80. The lowest BCUT2D eigenvalue weighted by molar-refractivity contribution is -0.275. The van der Waals surface area contributed by atoms with E-state index in [1.807, 2.05) is 0 Å². The minimum absolute atomic E-state index is 0.0594. The van der Waals surface area contributed by atoms with E-state index < -0.39 is 17.7 Å². The summed E-state index contributed by atoms with van der Waals surface area (Å²) in [7, 11) is 1.38. The SMILES string of the molecule is COCC(O)(c1ccccc1OC(F)(F)F)C(C)C. The van der Waals surface area contributed by atoms with Gasteiger partial charge < -0.3 is 14.6 Å². The van der Waals surface area contributed by atoms with Crippen molar-refractivity contribution in [3.05, 3.63) is 29.8 Å². The lowest BCUT2D eigenvalue weighted by Crippen LogP contribution is -2.37. The van der Waals surface area contributed by atoms with Gasteiger partial charge in [-0.15, -0.1) is 13.2 Å². The van der Waals surface area contributed by atoms with E-state index in [0.717, 1.165) is 0 Å². The number of rotatable bonds is 5. The average Bonchev–Trinajstić information content (AvgIpc) is 2.27. The molecule has 0 aliphatic carbocycles. The summed E-state index contributed by atoms with van der Waals surface area (Å²) >= 11 is 0. The van der Waals surface area contributed by atoms with Crippen LogP contribution in [0.4, 0.5) is 13.2 Å². The Kier molecular flexibility index (Phi) is 4.81. The molecule has 1 aromatic carbocycles. The second kappa shape index (κ2) is 5.79. The Morgan fingerprint density at radius 1 is 1.21 bits per heavy atom. The molecule has 0 spiro atoms. The molecule has 0 heterocycles. The molecule has 0 saturated heterocycles. The number of aliphatic hydroxyl groups is 1. The number of hydrogen-bond donors (Lipinski definition) is 1. The van der Waals surface area contributed by atoms with Crippen molar-refractivity contribution in [2.75, 3.05) is 13.7 Å². The average molecular weight is 278 g/mol. The van der Waals surface area contributed by atoms with Crippen molar-refractivity contribution in [2.24, 2.45) is 5.92 Å². The topological polar surface area (TPSA) is 38.7 Å². The quantitative estimate of drug-likeness (QED) is 0.899. The van der Waals surface area contributed by atoms with Gasteiger partial charge in [-0.05, 0) is 12.0 Å².